The van der Waals surface area contributed by atoms with Crippen molar-refractivity contribution in [3.8, 4) is 0 Å². The van der Waals surface area contributed by atoms with Crippen LogP contribution in [-0.2, 0) is 5.60 Å². The molecule has 1 aromatic rings. The molecule has 0 aliphatic carbocycles. The Bertz CT molecular complexity index is 508. The molecule has 1 atom stereocenters. The number of nitrogens with zero attached hydrogens (tertiary/aromatic N) is 2. The lowest BCUT2D eigenvalue weighted by atomic mass is 9.93. The van der Waals surface area contributed by atoms with Gasteiger partial charge in [-0.15, -0.1) is 11.3 Å². The van der Waals surface area contributed by atoms with E-state index >= 15 is 0 Å². The van der Waals surface area contributed by atoms with Crippen molar-refractivity contribution >= 4 is 17.3 Å². The maximum atomic E-state index is 10.6. The van der Waals surface area contributed by atoms with Gasteiger partial charge in [-0.3, -0.25) is 0 Å². The maximum Gasteiger partial charge on any atom is 0.191 e. The molecule has 1 aliphatic rings. The Morgan fingerprint density at radius 2 is 2.12 bits per heavy atom. The maximum absolute atomic E-state index is 10.6. The fourth-order valence-electron chi connectivity index (χ4n) is 3.22. The highest BCUT2D eigenvalue weighted by atomic mass is 32.1. The normalized spacial score (nSPS) is 19.6. The molecule has 1 unspecified atom stereocenters. The van der Waals surface area contributed by atoms with Gasteiger partial charge in [-0.1, -0.05) is 13.0 Å². The molecule has 6 heteroatoms. The van der Waals surface area contributed by atoms with E-state index in [0.717, 1.165) is 29.8 Å². The summed E-state index contributed by atoms with van der Waals surface area (Å²) in [5.74, 6) is 1.61. The largest absolute Gasteiger partial charge is 0.383 e. The van der Waals surface area contributed by atoms with Crippen LogP contribution in [0.15, 0.2) is 22.5 Å². The highest BCUT2D eigenvalue weighted by Gasteiger charge is 2.24. The summed E-state index contributed by atoms with van der Waals surface area (Å²) in [5.41, 5.74) is -0.913. The summed E-state index contributed by atoms with van der Waals surface area (Å²) in [6, 6.07) is 3.93. The van der Waals surface area contributed by atoms with E-state index in [4.69, 9.17) is 0 Å². The van der Waals surface area contributed by atoms with Crippen LogP contribution in [0.4, 0.5) is 0 Å². The number of thiophene rings is 1. The molecule has 0 radical (unpaired) electrons. The van der Waals surface area contributed by atoms with Crippen molar-refractivity contribution in [2.75, 3.05) is 39.3 Å². The Labute approximate surface area is 156 Å². The van der Waals surface area contributed by atoms with E-state index in [1.54, 1.807) is 11.3 Å². The number of guanidine groups is 1. The summed E-state index contributed by atoms with van der Waals surface area (Å²) in [5, 5.41) is 19.3. The highest BCUT2D eigenvalue weighted by molar-refractivity contribution is 7.10. The number of aliphatic hydroxyl groups is 1. The number of rotatable bonds is 8. The van der Waals surface area contributed by atoms with Crippen LogP contribution in [0.2, 0.25) is 0 Å². The lowest BCUT2D eigenvalue weighted by molar-refractivity contribution is 0.0711. The fourth-order valence-corrected chi connectivity index (χ4v) is 4.00. The van der Waals surface area contributed by atoms with E-state index in [2.05, 4.69) is 34.4 Å². The molecule has 1 fully saturated rings. The van der Waals surface area contributed by atoms with Gasteiger partial charge in [-0.25, -0.2) is 4.99 Å². The average Bonchev–Trinajstić information content (AvgIpc) is 3.16. The number of aliphatic imine (C=N–C) groups is 1. The van der Waals surface area contributed by atoms with Crippen LogP contribution < -0.4 is 10.6 Å². The van der Waals surface area contributed by atoms with Gasteiger partial charge in [0.25, 0.3) is 0 Å². The number of nitrogens with one attached hydrogen (secondary N) is 2. The molecular weight excluding hydrogens is 332 g/mol. The van der Waals surface area contributed by atoms with Crippen LogP contribution in [-0.4, -0.2) is 55.2 Å². The molecule has 3 N–H and O–H groups in total. The van der Waals surface area contributed by atoms with Gasteiger partial charge in [-0.05, 0) is 70.1 Å². The molecule has 1 aromatic heterocycles. The first-order valence-electron chi connectivity index (χ1n) is 9.56. The quantitative estimate of drug-likeness (QED) is 0.489. The zero-order valence-electron chi connectivity index (χ0n) is 15.9. The lowest BCUT2D eigenvalue weighted by Crippen LogP contribution is -2.40. The third-order valence-electron chi connectivity index (χ3n) is 4.94. The van der Waals surface area contributed by atoms with Crippen LogP contribution in [0.5, 0.6) is 0 Å². The van der Waals surface area contributed by atoms with Crippen LogP contribution in [0.3, 0.4) is 0 Å². The van der Waals surface area contributed by atoms with Gasteiger partial charge in [0.2, 0.25) is 0 Å². The zero-order valence-corrected chi connectivity index (χ0v) is 16.7. The van der Waals surface area contributed by atoms with Crippen molar-refractivity contribution in [1.29, 1.82) is 0 Å². The number of hydrogen-bond donors (Lipinski definition) is 3. The Morgan fingerprint density at radius 1 is 1.36 bits per heavy atom. The van der Waals surface area contributed by atoms with Crippen molar-refractivity contribution in [2.45, 2.75) is 45.6 Å². The first-order valence-corrected chi connectivity index (χ1v) is 10.4. The third kappa shape index (κ3) is 6.60. The SMILES string of the molecule is CCNC(=NCC(C)(O)c1cccs1)NCCC1CCN(CC)CC1. The molecule has 142 valence electrons. The third-order valence-corrected chi connectivity index (χ3v) is 6.06. The van der Waals surface area contributed by atoms with E-state index in [1.165, 1.54) is 38.9 Å². The summed E-state index contributed by atoms with van der Waals surface area (Å²) in [6.07, 6.45) is 3.79. The van der Waals surface area contributed by atoms with E-state index < -0.39 is 5.60 Å². The predicted molar refractivity (Wildman–Crippen MR) is 107 cm³/mol. The number of piperidine rings is 1. The van der Waals surface area contributed by atoms with Gasteiger partial charge < -0.3 is 20.6 Å². The molecular formula is C19H34N4OS. The molecule has 0 bridgehead atoms. The predicted octanol–water partition coefficient (Wildman–Crippen LogP) is 2.63. The fraction of sp³-hybridized carbons (Fsp3) is 0.737. The summed E-state index contributed by atoms with van der Waals surface area (Å²) in [4.78, 5) is 8.08. The second-order valence-electron chi connectivity index (χ2n) is 7.04. The van der Waals surface area contributed by atoms with E-state index in [1.807, 2.05) is 24.4 Å². The summed E-state index contributed by atoms with van der Waals surface area (Å²) >= 11 is 1.57. The van der Waals surface area contributed by atoms with Gasteiger partial charge in [-0.2, -0.15) is 0 Å². The van der Waals surface area contributed by atoms with Crippen molar-refractivity contribution in [3.63, 3.8) is 0 Å². The second kappa shape index (κ2) is 10.1. The topological polar surface area (TPSA) is 59.9 Å². The van der Waals surface area contributed by atoms with Crippen LogP contribution >= 0.6 is 11.3 Å². The zero-order chi connectivity index (χ0) is 18.1. The Balaban J connectivity index is 1.78. The molecule has 1 aliphatic heterocycles. The minimum absolute atomic E-state index is 0.359. The van der Waals surface area contributed by atoms with E-state index in [9.17, 15) is 5.11 Å². The Morgan fingerprint density at radius 3 is 2.72 bits per heavy atom. The summed E-state index contributed by atoms with van der Waals surface area (Å²) in [7, 11) is 0. The lowest BCUT2D eigenvalue weighted by Gasteiger charge is -2.31. The van der Waals surface area contributed by atoms with Gasteiger partial charge in [0.15, 0.2) is 5.96 Å². The Hall–Kier alpha value is -1.11. The molecule has 1 saturated heterocycles. The molecule has 2 heterocycles. The van der Waals surface area contributed by atoms with Crippen molar-refractivity contribution < 1.29 is 5.11 Å². The summed E-state index contributed by atoms with van der Waals surface area (Å²) < 4.78 is 0. The van der Waals surface area contributed by atoms with Crippen LogP contribution in [0.1, 0.15) is 44.9 Å². The van der Waals surface area contributed by atoms with Crippen molar-refractivity contribution in [2.24, 2.45) is 10.9 Å². The molecule has 0 spiro atoms. The van der Waals surface area contributed by atoms with Gasteiger partial charge in [0.05, 0.1) is 6.54 Å². The van der Waals surface area contributed by atoms with Crippen molar-refractivity contribution in [1.82, 2.24) is 15.5 Å². The van der Waals surface area contributed by atoms with Crippen LogP contribution in [0, 0.1) is 5.92 Å². The van der Waals surface area contributed by atoms with Gasteiger partial charge >= 0.3 is 0 Å². The molecule has 0 aromatic carbocycles. The van der Waals surface area contributed by atoms with Gasteiger partial charge in [0.1, 0.15) is 5.60 Å². The smallest absolute Gasteiger partial charge is 0.191 e. The van der Waals surface area contributed by atoms with Crippen LogP contribution in [0.25, 0.3) is 0 Å². The molecule has 0 saturated carbocycles. The Kier molecular flexibility index (Phi) is 8.19. The second-order valence-corrected chi connectivity index (χ2v) is 7.99. The number of hydrogen-bond acceptors (Lipinski definition) is 4. The highest BCUT2D eigenvalue weighted by Crippen LogP contribution is 2.25. The first kappa shape index (κ1) is 20.2. The first-order chi connectivity index (χ1) is 12.0. The van der Waals surface area contributed by atoms with Gasteiger partial charge in [0, 0.05) is 18.0 Å². The average molecular weight is 367 g/mol. The van der Waals surface area contributed by atoms with E-state index in [0.29, 0.717) is 6.54 Å². The standard InChI is InChI=1S/C19H34N4OS/c1-4-20-18(22-15-19(3,24)17-7-6-14-25-17)21-11-8-16-9-12-23(5-2)13-10-16/h6-7,14,16,24H,4-5,8-13,15H2,1-3H3,(H2,20,21,22). The van der Waals surface area contributed by atoms with Crippen molar-refractivity contribution in [3.05, 3.63) is 22.4 Å². The minimum Gasteiger partial charge on any atom is -0.383 e. The monoisotopic (exact) mass is 366 g/mol. The van der Waals surface area contributed by atoms with E-state index in [-0.39, 0.29) is 0 Å². The molecule has 2 rings (SSSR count). The summed E-state index contributed by atoms with van der Waals surface area (Å²) in [6.45, 7) is 11.9. The molecule has 25 heavy (non-hydrogen) atoms. The minimum atomic E-state index is -0.913. The molecule has 5 nitrogen and oxygen atoms in total. The molecule has 0 amide bonds. The number of likely N-dealkylation sites (tertiary alicyclic amines) is 1.